The molecule has 2 rings (SSSR count). The SMILES string of the molecule is Nc1cc(S(=O)(=O)Nc2cccnc2Br)c(Br)cc1F. The van der Waals surface area contributed by atoms with Gasteiger partial charge in [-0.05, 0) is 56.1 Å². The molecule has 3 N–H and O–H groups in total. The number of anilines is 2. The van der Waals surface area contributed by atoms with Crippen molar-refractivity contribution in [3.05, 3.63) is 45.4 Å². The largest absolute Gasteiger partial charge is 0.396 e. The minimum Gasteiger partial charge on any atom is -0.396 e. The van der Waals surface area contributed by atoms with E-state index in [1.165, 1.54) is 12.3 Å². The highest BCUT2D eigenvalue weighted by Gasteiger charge is 2.21. The molecule has 1 aromatic heterocycles. The first kappa shape index (κ1) is 15.2. The number of aromatic nitrogens is 1. The first-order valence-corrected chi connectivity index (χ1v) is 8.26. The van der Waals surface area contributed by atoms with Gasteiger partial charge in [0.05, 0.1) is 11.4 Å². The fraction of sp³-hybridized carbons (Fsp3) is 0. The second-order valence-corrected chi connectivity index (χ2v) is 7.01. The van der Waals surface area contributed by atoms with E-state index in [4.69, 9.17) is 5.73 Å². The van der Waals surface area contributed by atoms with Crippen LogP contribution >= 0.6 is 31.9 Å². The van der Waals surface area contributed by atoms with E-state index in [1.54, 1.807) is 6.07 Å². The summed E-state index contributed by atoms with van der Waals surface area (Å²) in [4.78, 5) is 3.74. The van der Waals surface area contributed by atoms with Crippen LogP contribution in [0.1, 0.15) is 0 Å². The summed E-state index contributed by atoms with van der Waals surface area (Å²) in [6, 6.07) is 5.17. The molecule has 0 aliphatic carbocycles. The first-order valence-electron chi connectivity index (χ1n) is 5.19. The number of sulfonamides is 1. The van der Waals surface area contributed by atoms with Gasteiger partial charge in [0, 0.05) is 10.7 Å². The van der Waals surface area contributed by atoms with E-state index < -0.39 is 15.8 Å². The molecule has 5 nitrogen and oxygen atoms in total. The zero-order valence-electron chi connectivity index (χ0n) is 9.77. The number of benzene rings is 1. The molecule has 0 amide bonds. The van der Waals surface area contributed by atoms with E-state index in [2.05, 4.69) is 41.6 Å². The third-order valence-electron chi connectivity index (χ3n) is 2.34. The summed E-state index contributed by atoms with van der Waals surface area (Å²) >= 11 is 6.14. The van der Waals surface area contributed by atoms with Crippen LogP contribution in [0, 0.1) is 5.82 Å². The van der Waals surface area contributed by atoms with Gasteiger partial charge < -0.3 is 5.73 Å². The molecule has 0 aliphatic heterocycles. The van der Waals surface area contributed by atoms with Crippen LogP contribution in [0.5, 0.6) is 0 Å². The molecule has 2 aromatic rings. The van der Waals surface area contributed by atoms with Crippen molar-refractivity contribution in [3.8, 4) is 0 Å². The number of nitrogens with two attached hydrogens (primary N) is 1. The molecule has 0 aliphatic rings. The average molecular weight is 425 g/mol. The Morgan fingerprint density at radius 3 is 2.65 bits per heavy atom. The summed E-state index contributed by atoms with van der Waals surface area (Å²) in [7, 11) is -3.92. The number of rotatable bonds is 3. The molecular weight excluding hydrogens is 417 g/mol. The Morgan fingerprint density at radius 2 is 2.00 bits per heavy atom. The number of nitrogens with one attached hydrogen (secondary N) is 1. The highest BCUT2D eigenvalue weighted by molar-refractivity contribution is 9.10. The second kappa shape index (κ2) is 5.66. The predicted octanol–water partition coefficient (Wildman–Crippen LogP) is 3.13. The molecule has 1 heterocycles. The number of nitrogens with zero attached hydrogens (tertiary/aromatic N) is 1. The van der Waals surface area contributed by atoms with Gasteiger partial charge >= 0.3 is 0 Å². The Morgan fingerprint density at radius 1 is 1.30 bits per heavy atom. The Hall–Kier alpha value is -1.19. The maximum absolute atomic E-state index is 13.3. The van der Waals surface area contributed by atoms with E-state index >= 15 is 0 Å². The molecule has 0 spiro atoms. The van der Waals surface area contributed by atoms with Crippen molar-refractivity contribution in [1.29, 1.82) is 0 Å². The van der Waals surface area contributed by atoms with Gasteiger partial charge in [0.1, 0.15) is 15.3 Å². The van der Waals surface area contributed by atoms with Crippen molar-refractivity contribution in [2.45, 2.75) is 4.90 Å². The van der Waals surface area contributed by atoms with E-state index in [-0.39, 0.29) is 20.7 Å². The summed E-state index contributed by atoms with van der Waals surface area (Å²) in [5, 5.41) is 0. The quantitative estimate of drug-likeness (QED) is 0.585. The van der Waals surface area contributed by atoms with Crippen molar-refractivity contribution < 1.29 is 12.8 Å². The Balaban J connectivity index is 2.47. The molecule has 0 bridgehead atoms. The van der Waals surface area contributed by atoms with E-state index in [0.717, 1.165) is 12.1 Å². The number of hydrogen-bond acceptors (Lipinski definition) is 4. The summed E-state index contributed by atoms with van der Waals surface area (Å²) in [6.07, 6.45) is 1.51. The van der Waals surface area contributed by atoms with Crippen LogP contribution in [0.25, 0.3) is 0 Å². The lowest BCUT2D eigenvalue weighted by Gasteiger charge is -2.11. The summed E-state index contributed by atoms with van der Waals surface area (Å²) < 4.78 is 40.6. The fourth-order valence-electron chi connectivity index (χ4n) is 1.41. The standard InChI is InChI=1S/C11H8Br2FN3O2S/c12-6-4-7(14)8(15)5-10(6)20(18,19)17-9-2-1-3-16-11(9)13/h1-5,17H,15H2. The molecule has 20 heavy (non-hydrogen) atoms. The average Bonchev–Trinajstić information content (AvgIpc) is 2.36. The van der Waals surface area contributed by atoms with Crippen molar-refractivity contribution >= 4 is 53.3 Å². The van der Waals surface area contributed by atoms with Crippen molar-refractivity contribution in [3.63, 3.8) is 0 Å². The first-order chi connectivity index (χ1) is 9.31. The van der Waals surface area contributed by atoms with Crippen molar-refractivity contribution in [2.75, 3.05) is 10.5 Å². The minimum absolute atomic E-state index is 0.0803. The van der Waals surface area contributed by atoms with E-state index in [9.17, 15) is 12.8 Å². The van der Waals surface area contributed by atoms with Gasteiger partial charge in [0.2, 0.25) is 0 Å². The van der Waals surface area contributed by atoms with Gasteiger partial charge in [0.15, 0.2) is 0 Å². The van der Waals surface area contributed by atoms with E-state index in [0.29, 0.717) is 4.60 Å². The lowest BCUT2D eigenvalue weighted by molar-refractivity contribution is 0.599. The molecule has 0 saturated carbocycles. The molecule has 1 aromatic carbocycles. The van der Waals surface area contributed by atoms with Crippen LogP contribution in [0.15, 0.2) is 44.4 Å². The zero-order valence-corrected chi connectivity index (χ0v) is 13.8. The minimum atomic E-state index is -3.92. The Kier molecular flexibility index (Phi) is 4.31. The third-order valence-corrected chi connectivity index (χ3v) is 5.30. The van der Waals surface area contributed by atoms with Gasteiger partial charge in [-0.2, -0.15) is 0 Å². The van der Waals surface area contributed by atoms with Gasteiger partial charge in [0.25, 0.3) is 10.0 Å². The molecule has 0 atom stereocenters. The van der Waals surface area contributed by atoms with Gasteiger partial charge in [-0.1, -0.05) is 0 Å². The molecule has 0 fully saturated rings. The smallest absolute Gasteiger partial charge is 0.263 e. The second-order valence-electron chi connectivity index (χ2n) is 3.75. The molecule has 106 valence electrons. The summed E-state index contributed by atoms with van der Waals surface area (Å²) in [6.45, 7) is 0. The highest BCUT2D eigenvalue weighted by Crippen LogP contribution is 2.29. The fourth-order valence-corrected chi connectivity index (χ4v) is 4.01. The molecule has 0 unspecified atom stereocenters. The number of hydrogen-bond donors (Lipinski definition) is 2. The van der Waals surface area contributed by atoms with Gasteiger partial charge in [-0.15, -0.1) is 0 Å². The normalized spacial score (nSPS) is 11.3. The Labute approximate surface area is 131 Å². The molecule has 0 saturated heterocycles. The molecule has 0 radical (unpaired) electrons. The monoisotopic (exact) mass is 423 g/mol. The Bertz CT molecular complexity index is 768. The van der Waals surface area contributed by atoms with E-state index in [1.807, 2.05) is 0 Å². The van der Waals surface area contributed by atoms with Crippen LogP contribution in [-0.2, 0) is 10.0 Å². The highest BCUT2D eigenvalue weighted by atomic mass is 79.9. The van der Waals surface area contributed by atoms with Crippen molar-refractivity contribution in [2.24, 2.45) is 0 Å². The summed E-state index contributed by atoms with van der Waals surface area (Å²) in [5.74, 6) is -0.696. The lowest BCUT2D eigenvalue weighted by atomic mass is 10.3. The maximum atomic E-state index is 13.3. The number of halogens is 3. The number of nitrogen functional groups attached to an aromatic ring is 1. The molecular formula is C11H8Br2FN3O2S. The van der Waals surface area contributed by atoms with Gasteiger partial charge in [-0.3, -0.25) is 4.72 Å². The maximum Gasteiger partial charge on any atom is 0.263 e. The van der Waals surface area contributed by atoms with Crippen LogP contribution in [-0.4, -0.2) is 13.4 Å². The van der Waals surface area contributed by atoms with Gasteiger partial charge in [-0.25, -0.2) is 17.8 Å². The third kappa shape index (κ3) is 3.10. The zero-order chi connectivity index (χ0) is 14.9. The van der Waals surface area contributed by atoms with Crippen LogP contribution < -0.4 is 10.5 Å². The van der Waals surface area contributed by atoms with Crippen LogP contribution in [0.3, 0.4) is 0 Å². The number of pyridine rings is 1. The van der Waals surface area contributed by atoms with Crippen LogP contribution in [0.2, 0.25) is 0 Å². The topological polar surface area (TPSA) is 85.1 Å². The summed E-state index contributed by atoms with van der Waals surface area (Å²) in [5.41, 5.74) is 5.41. The van der Waals surface area contributed by atoms with Crippen molar-refractivity contribution in [1.82, 2.24) is 4.98 Å². The van der Waals surface area contributed by atoms with Crippen LogP contribution in [0.4, 0.5) is 15.8 Å². The molecule has 9 heteroatoms. The lowest BCUT2D eigenvalue weighted by Crippen LogP contribution is -2.15. The predicted molar refractivity (Wildman–Crippen MR) is 81.3 cm³/mol.